The monoisotopic (exact) mass is 710 g/mol. The Morgan fingerprint density at radius 3 is 1.90 bits per heavy atom. The average Bonchev–Trinajstić information content (AvgIpc) is 3.19. The van der Waals surface area contributed by atoms with E-state index in [0.29, 0.717) is 17.4 Å². The summed E-state index contributed by atoms with van der Waals surface area (Å²) in [6.07, 6.45) is 4.92. The van der Waals surface area contributed by atoms with Gasteiger partial charge in [0.05, 0.1) is 0 Å². The third-order valence-corrected chi connectivity index (χ3v) is 9.78. The predicted octanol–water partition coefficient (Wildman–Crippen LogP) is 15.4. The number of thioether (sulfide) groups is 1. The maximum Gasteiger partial charge on any atom is 0.130 e. The van der Waals surface area contributed by atoms with Crippen molar-refractivity contribution in [2.45, 2.75) is 100 Å². The zero-order valence-corrected chi connectivity index (χ0v) is 34.6. The molecule has 3 heteroatoms. The highest BCUT2D eigenvalue weighted by molar-refractivity contribution is 8.05. The molecule has 1 nitrogen and oxygen atoms in total. The maximum absolute atomic E-state index is 14.4. The zero-order chi connectivity index (χ0) is 39.1. The summed E-state index contributed by atoms with van der Waals surface area (Å²) >= 11 is 1.75. The van der Waals surface area contributed by atoms with Gasteiger partial charge in [-0.15, -0.1) is 31.5 Å². The molecule has 0 spiro atoms. The summed E-state index contributed by atoms with van der Waals surface area (Å²) in [7, 11) is 0. The molecule has 1 fully saturated rings. The molecule has 0 radical (unpaired) electrons. The van der Waals surface area contributed by atoms with Crippen LogP contribution in [0.2, 0.25) is 0 Å². The zero-order valence-electron chi connectivity index (χ0n) is 33.7. The molecule has 3 aromatic carbocycles. The number of hydrogen-bond acceptors (Lipinski definition) is 2. The van der Waals surface area contributed by atoms with Crippen LogP contribution in [0.3, 0.4) is 0 Å². The smallest absolute Gasteiger partial charge is 0.130 e. The van der Waals surface area contributed by atoms with Gasteiger partial charge in [0.2, 0.25) is 0 Å². The molecule has 278 valence electrons. The van der Waals surface area contributed by atoms with E-state index < -0.39 is 5.67 Å². The molecule has 51 heavy (non-hydrogen) atoms. The number of allylic oxidation sites excluding steroid dienone is 4. The normalized spacial score (nSPS) is 13.2. The van der Waals surface area contributed by atoms with Gasteiger partial charge in [0.1, 0.15) is 5.67 Å². The van der Waals surface area contributed by atoms with Gasteiger partial charge >= 0.3 is 0 Å². The largest absolute Gasteiger partial charge is 0.371 e. The van der Waals surface area contributed by atoms with Gasteiger partial charge in [0.25, 0.3) is 0 Å². The third-order valence-electron chi connectivity index (χ3n) is 8.67. The lowest BCUT2D eigenvalue weighted by Gasteiger charge is -2.36. The quantitative estimate of drug-likeness (QED) is 0.136. The van der Waals surface area contributed by atoms with Gasteiger partial charge < -0.3 is 4.90 Å². The lowest BCUT2D eigenvalue weighted by molar-refractivity contribution is 0.221. The number of rotatable bonds is 12. The van der Waals surface area contributed by atoms with Gasteiger partial charge in [-0.05, 0) is 101 Å². The Balaban J connectivity index is 0.00000292. The van der Waals surface area contributed by atoms with Crippen molar-refractivity contribution in [2.75, 3.05) is 13.1 Å². The van der Waals surface area contributed by atoms with Gasteiger partial charge in [-0.25, -0.2) is 4.39 Å². The molecule has 0 amide bonds. The summed E-state index contributed by atoms with van der Waals surface area (Å²) in [6.45, 7) is 44.6. The van der Waals surface area contributed by atoms with Crippen molar-refractivity contribution in [3.63, 3.8) is 0 Å². The van der Waals surface area contributed by atoms with Crippen LogP contribution in [0.25, 0.3) is 16.8 Å². The fourth-order valence-corrected chi connectivity index (χ4v) is 6.40. The number of piperidine rings is 1. The van der Waals surface area contributed by atoms with Crippen molar-refractivity contribution in [3.05, 3.63) is 162 Å². The molecule has 1 heterocycles. The first-order valence-corrected chi connectivity index (χ1v) is 19.6. The number of halogens is 1. The highest BCUT2D eigenvalue weighted by atomic mass is 32.2. The van der Waals surface area contributed by atoms with Crippen molar-refractivity contribution >= 4 is 17.5 Å². The molecule has 0 bridgehead atoms. The number of likely N-dealkylation sites (tertiary alicyclic amines) is 1. The Labute approximate surface area is 317 Å². The molecule has 1 saturated heterocycles. The van der Waals surface area contributed by atoms with Gasteiger partial charge in [-0.3, -0.25) is 0 Å². The summed E-state index contributed by atoms with van der Waals surface area (Å²) in [6, 6.07) is 25.0. The van der Waals surface area contributed by atoms with Crippen molar-refractivity contribution in [1.29, 1.82) is 0 Å². The van der Waals surface area contributed by atoms with Crippen molar-refractivity contribution in [1.82, 2.24) is 4.90 Å². The SMILES string of the molecule is C=C.C=CC(C)c1ccc(CC(=C)/C(C)=C/SC(=C)C2CCN(C(=C)c3ccccc3-c3ccc(C(C)(C)F)cc3)CC2)cc1.CC.CC.CC. The van der Waals surface area contributed by atoms with Crippen LogP contribution in [0, 0.1) is 5.92 Å². The summed E-state index contributed by atoms with van der Waals surface area (Å²) < 4.78 is 14.4. The second-order valence-electron chi connectivity index (χ2n) is 12.2. The first-order valence-electron chi connectivity index (χ1n) is 18.7. The van der Waals surface area contributed by atoms with Gasteiger partial charge in [0.15, 0.2) is 0 Å². The lowest BCUT2D eigenvalue weighted by atomic mass is 9.92. The van der Waals surface area contributed by atoms with E-state index in [2.05, 4.69) is 112 Å². The van der Waals surface area contributed by atoms with Crippen LogP contribution in [-0.4, -0.2) is 18.0 Å². The van der Waals surface area contributed by atoms with Crippen LogP contribution in [0.5, 0.6) is 0 Å². The topological polar surface area (TPSA) is 3.24 Å². The third kappa shape index (κ3) is 14.7. The Morgan fingerprint density at radius 2 is 1.39 bits per heavy atom. The molecule has 3 aromatic rings. The van der Waals surface area contributed by atoms with Crippen LogP contribution >= 0.6 is 11.8 Å². The molecule has 0 saturated carbocycles. The molecular weight excluding hydrogens is 642 g/mol. The number of benzene rings is 3. The minimum absolute atomic E-state index is 0.363. The molecular formula is C48H68FNS. The van der Waals surface area contributed by atoms with Crippen LogP contribution < -0.4 is 0 Å². The number of hydrogen-bond donors (Lipinski definition) is 0. The fourth-order valence-electron chi connectivity index (χ4n) is 5.48. The molecule has 1 aliphatic heterocycles. The van der Waals surface area contributed by atoms with Crippen LogP contribution in [-0.2, 0) is 12.1 Å². The van der Waals surface area contributed by atoms with E-state index in [-0.39, 0.29) is 0 Å². The van der Waals surface area contributed by atoms with Gasteiger partial charge in [-0.2, -0.15) is 0 Å². The first kappa shape index (κ1) is 47.2. The molecule has 0 aromatic heterocycles. The standard InChI is InChI=1S/C40H46FNS.3C2H6.C2H4/c1-9-28(2)34-16-14-33(15-17-34)26-29(3)30(4)27-43-32(6)35-22-24-42(25-23-35)31(5)38-12-10-11-13-39(38)36-18-20-37(21-19-36)40(7,8)41;4*1-2/h9-21,27-28,35H,1,3,5-6,22-26H2,2,4,7-8H3;3*1-2H3;1-2H2/b30-27+;;;;. The predicted molar refractivity (Wildman–Crippen MR) is 233 cm³/mol. The van der Waals surface area contributed by atoms with E-state index in [1.54, 1.807) is 25.6 Å². The summed E-state index contributed by atoms with van der Waals surface area (Å²) in [4.78, 5) is 3.62. The molecule has 1 unspecified atom stereocenters. The van der Waals surface area contributed by atoms with Crippen LogP contribution in [0.1, 0.15) is 110 Å². The molecule has 0 aliphatic carbocycles. The summed E-state index contributed by atoms with van der Waals surface area (Å²) in [5, 5.41) is 2.22. The second kappa shape index (κ2) is 25.2. The van der Waals surface area contributed by atoms with E-state index in [1.165, 1.54) is 21.6 Å². The van der Waals surface area contributed by atoms with E-state index in [4.69, 9.17) is 0 Å². The molecule has 1 aliphatic rings. The van der Waals surface area contributed by atoms with Crippen LogP contribution in [0.15, 0.2) is 140 Å². The number of nitrogens with zero attached hydrogens (tertiary/aromatic N) is 1. The lowest BCUT2D eigenvalue weighted by Crippen LogP contribution is -2.32. The Bertz CT molecular complexity index is 1500. The number of alkyl halides is 1. The highest BCUT2D eigenvalue weighted by Crippen LogP contribution is 2.37. The summed E-state index contributed by atoms with van der Waals surface area (Å²) in [5.74, 6) is 0.833. The summed E-state index contributed by atoms with van der Waals surface area (Å²) in [5.41, 5.74) is 8.61. The van der Waals surface area contributed by atoms with Crippen LogP contribution in [0.4, 0.5) is 4.39 Å². The van der Waals surface area contributed by atoms with Crippen molar-refractivity contribution < 1.29 is 4.39 Å². The molecule has 4 rings (SSSR count). The second-order valence-corrected chi connectivity index (χ2v) is 13.2. The van der Waals surface area contributed by atoms with Gasteiger partial charge in [0, 0.05) is 24.4 Å². The van der Waals surface area contributed by atoms with Crippen molar-refractivity contribution in [3.8, 4) is 11.1 Å². The molecule has 1 atom stereocenters. The van der Waals surface area contributed by atoms with E-state index in [9.17, 15) is 4.39 Å². The van der Waals surface area contributed by atoms with Gasteiger partial charge in [-0.1, -0.05) is 147 Å². The average molecular weight is 710 g/mol. The minimum Gasteiger partial charge on any atom is -0.371 e. The van der Waals surface area contributed by atoms with Crippen molar-refractivity contribution in [2.24, 2.45) is 5.92 Å². The minimum atomic E-state index is -1.35. The first-order chi connectivity index (χ1) is 24.5. The van der Waals surface area contributed by atoms with E-state index >= 15 is 0 Å². The highest BCUT2D eigenvalue weighted by Gasteiger charge is 2.24. The Kier molecular flexibility index (Phi) is 23.3. The molecule has 0 N–H and O–H groups in total. The Hall–Kier alpha value is -3.82. The van der Waals surface area contributed by atoms with E-state index in [1.807, 2.05) is 71.9 Å². The maximum atomic E-state index is 14.4. The Morgan fingerprint density at radius 1 is 0.863 bits per heavy atom. The van der Waals surface area contributed by atoms with E-state index in [0.717, 1.165) is 60.3 Å². The fraction of sp³-hybridized carbons (Fsp3) is 0.375.